The van der Waals surface area contributed by atoms with Crippen LogP contribution in [-0.2, 0) is 5.72 Å². The van der Waals surface area contributed by atoms with E-state index in [1.807, 2.05) is 24.3 Å². The SMILES string of the molecule is COc1ccccc1N1C[C@@](O)(c2ccc(F)cc2)[N+]2=C1CCCC2. The van der Waals surface area contributed by atoms with Crippen molar-refractivity contribution in [2.24, 2.45) is 0 Å². The minimum atomic E-state index is -1.16. The molecule has 0 radical (unpaired) electrons. The second kappa shape index (κ2) is 6.15. The van der Waals surface area contributed by atoms with Gasteiger partial charge >= 0.3 is 0 Å². The molecule has 0 spiro atoms. The van der Waals surface area contributed by atoms with Crippen LogP contribution in [0.2, 0.25) is 0 Å². The molecule has 4 nitrogen and oxygen atoms in total. The van der Waals surface area contributed by atoms with Gasteiger partial charge in [0.05, 0.1) is 13.7 Å². The van der Waals surface area contributed by atoms with Crippen molar-refractivity contribution < 1.29 is 18.8 Å². The summed E-state index contributed by atoms with van der Waals surface area (Å²) >= 11 is 0. The number of β-amino-alcohol motifs (C(OH)–C–C–N with tert-alkyl or cyclic N) is 1. The Hall–Kier alpha value is -2.40. The van der Waals surface area contributed by atoms with Crippen LogP contribution in [-0.4, -0.2) is 35.7 Å². The molecule has 0 unspecified atom stereocenters. The predicted molar refractivity (Wildman–Crippen MR) is 94.6 cm³/mol. The number of hydrogen-bond acceptors (Lipinski definition) is 3. The van der Waals surface area contributed by atoms with Crippen LogP contribution in [0.25, 0.3) is 0 Å². The number of nitrogens with zero attached hydrogens (tertiary/aromatic N) is 2. The second-order valence-corrected chi connectivity index (χ2v) is 6.61. The van der Waals surface area contributed by atoms with Crippen LogP contribution in [0.5, 0.6) is 5.75 Å². The summed E-state index contributed by atoms with van der Waals surface area (Å²) in [5.41, 5.74) is 0.500. The predicted octanol–water partition coefficient (Wildman–Crippen LogP) is 3.09. The largest absolute Gasteiger partial charge is 0.492 e. The van der Waals surface area contributed by atoms with Crippen LogP contribution in [0.15, 0.2) is 48.5 Å². The van der Waals surface area contributed by atoms with Crippen LogP contribution in [0, 0.1) is 5.82 Å². The topological polar surface area (TPSA) is 35.7 Å². The van der Waals surface area contributed by atoms with E-state index in [9.17, 15) is 9.50 Å². The van der Waals surface area contributed by atoms with E-state index in [4.69, 9.17) is 4.74 Å². The Bertz CT molecular complexity index is 819. The number of benzene rings is 2. The number of para-hydroxylation sites is 2. The van der Waals surface area contributed by atoms with Crippen molar-refractivity contribution in [3.63, 3.8) is 0 Å². The smallest absolute Gasteiger partial charge is 0.271 e. The Morgan fingerprint density at radius 2 is 1.88 bits per heavy atom. The van der Waals surface area contributed by atoms with Gasteiger partial charge < -0.3 is 9.84 Å². The van der Waals surface area contributed by atoms with Gasteiger partial charge in [0.2, 0.25) is 0 Å². The number of rotatable bonds is 3. The van der Waals surface area contributed by atoms with Crippen LogP contribution < -0.4 is 9.64 Å². The van der Waals surface area contributed by atoms with Gasteiger partial charge in [-0.3, -0.25) is 0 Å². The van der Waals surface area contributed by atoms with E-state index in [-0.39, 0.29) is 5.82 Å². The van der Waals surface area contributed by atoms with Gasteiger partial charge in [0.25, 0.3) is 11.6 Å². The first kappa shape index (κ1) is 16.1. The van der Waals surface area contributed by atoms with Crippen molar-refractivity contribution in [1.82, 2.24) is 0 Å². The van der Waals surface area contributed by atoms with E-state index in [0.29, 0.717) is 12.1 Å². The third kappa shape index (κ3) is 2.59. The number of amidine groups is 1. The van der Waals surface area contributed by atoms with Crippen LogP contribution in [0.4, 0.5) is 10.1 Å². The molecule has 5 heteroatoms. The maximum Gasteiger partial charge on any atom is 0.271 e. The van der Waals surface area contributed by atoms with Gasteiger partial charge in [-0.1, -0.05) is 12.1 Å². The molecule has 0 aromatic heterocycles. The van der Waals surface area contributed by atoms with Gasteiger partial charge in [-0.05, 0) is 49.2 Å². The maximum atomic E-state index is 13.3. The fraction of sp³-hybridized carbons (Fsp3) is 0.350. The summed E-state index contributed by atoms with van der Waals surface area (Å²) in [4.78, 5) is 2.14. The molecule has 0 bridgehead atoms. The van der Waals surface area contributed by atoms with Gasteiger partial charge in [0.1, 0.15) is 5.82 Å². The van der Waals surface area contributed by atoms with Crippen LogP contribution in [0.1, 0.15) is 24.8 Å². The summed E-state index contributed by atoms with van der Waals surface area (Å²) in [7, 11) is 1.66. The summed E-state index contributed by atoms with van der Waals surface area (Å²) in [6.45, 7) is 1.18. The third-order valence-corrected chi connectivity index (χ3v) is 5.16. The van der Waals surface area contributed by atoms with E-state index in [1.165, 1.54) is 12.1 Å². The highest BCUT2D eigenvalue weighted by Crippen LogP contribution is 2.38. The lowest BCUT2D eigenvalue weighted by Gasteiger charge is -2.24. The number of halogens is 1. The van der Waals surface area contributed by atoms with E-state index >= 15 is 0 Å². The van der Waals surface area contributed by atoms with E-state index in [1.54, 1.807) is 19.2 Å². The molecular weight excluding hydrogens is 319 g/mol. The van der Waals surface area contributed by atoms with Gasteiger partial charge in [0, 0.05) is 12.0 Å². The van der Waals surface area contributed by atoms with Crippen molar-refractivity contribution in [2.45, 2.75) is 25.0 Å². The van der Waals surface area contributed by atoms with Crippen molar-refractivity contribution in [1.29, 1.82) is 0 Å². The standard InChI is InChI=1S/C20H22FN2O2/c1-25-18-7-3-2-6-17(18)22-14-20(24,15-9-11-16(21)12-10-15)23-13-5-4-8-19(22)23/h2-3,6-7,9-12,24H,4-5,8,13-14H2,1H3/q+1/t20-/m1/s1. The number of anilines is 1. The maximum absolute atomic E-state index is 13.3. The Labute approximate surface area is 146 Å². The lowest BCUT2D eigenvalue weighted by molar-refractivity contribution is -0.661. The minimum Gasteiger partial charge on any atom is -0.492 e. The lowest BCUT2D eigenvalue weighted by Crippen LogP contribution is -2.41. The number of aliphatic hydroxyl groups is 1. The Kier molecular flexibility index (Phi) is 3.96. The second-order valence-electron chi connectivity index (χ2n) is 6.61. The molecule has 130 valence electrons. The molecule has 2 aromatic rings. The summed E-state index contributed by atoms with van der Waals surface area (Å²) in [6, 6.07) is 14.0. The monoisotopic (exact) mass is 341 g/mol. The van der Waals surface area contributed by atoms with Gasteiger partial charge in [-0.25, -0.2) is 13.9 Å². The van der Waals surface area contributed by atoms with E-state index < -0.39 is 5.72 Å². The zero-order valence-electron chi connectivity index (χ0n) is 14.3. The third-order valence-electron chi connectivity index (χ3n) is 5.16. The molecule has 0 amide bonds. The first-order chi connectivity index (χ1) is 12.1. The lowest BCUT2D eigenvalue weighted by atomic mass is 10.0. The van der Waals surface area contributed by atoms with Gasteiger partial charge in [-0.2, -0.15) is 0 Å². The average molecular weight is 341 g/mol. The zero-order valence-corrected chi connectivity index (χ0v) is 14.3. The summed E-state index contributed by atoms with van der Waals surface area (Å²) in [5, 5.41) is 11.5. The highest BCUT2D eigenvalue weighted by Gasteiger charge is 2.53. The molecule has 0 saturated carbocycles. The molecule has 2 aliphatic heterocycles. The molecule has 4 rings (SSSR count). The summed E-state index contributed by atoms with van der Waals surface area (Å²) in [6.07, 6.45) is 3.03. The molecule has 0 saturated heterocycles. The first-order valence-electron chi connectivity index (χ1n) is 8.66. The van der Waals surface area contributed by atoms with Crippen molar-refractivity contribution in [2.75, 3.05) is 25.1 Å². The average Bonchev–Trinajstić information content (AvgIpc) is 2.96. The molecule has 2 aromatic carbocycles. The number of ether oxygens (including phenoxy) is 1. The van der Waals surface area contributed by atoms with Crippen LogP contribution >= 0.6 is 0 Å². The van der Waals surface area contributed by atoms with E-state index in [0.717, 1.165) is 43.1 Å². The quantitative estimate of drug-likeness (QED) is 0.872. The molecule has 2 heterocycles. The van der Waals surface area contributed by atoms with Crippen molar-refractivity contribution >= 4 is 11.5 Å². The fourth-order valence-corrected chi connectivity index (χ4v) is 3.93. The highest BCUT2D eigenvalue weighted by molar-refractivity contribution is 5.97. The minimum absolute atomic E-state index is 0.297. The molecular formula is C20H22FN2O2+. The molecule has 1 atom stereocenters. The van der Waals surface area contributed by atoms with Gasteiger partial charge in [0.15, 0.2) is 18.0 Å². The molecule has 25 heavy (non-hydrogen) atoms. The van der Waals surface area contributed by atoms with Gasteiger partial charge in [-0.15, -0.1) is 0 Å². The highest BCUT2D eigenvalue weighted by atomic mass is 19.1. The fourth-order valence-electron chi connectivity index (χ4n) is 3.93. The van der Waals surface area contributed by atoms with Crippen molar-refractivity contribution in [3.05, 3.63) is 59.9 Å². The number of hydrogen-bond donors (Lipinski definition) is 1. The molecule has 0 fully saturated rings. The molecule has 1 N–H and O–H groups in total. The number of methoxy groups -OCH3 is 1. The zero-order chi connectivity index (χ0) is 17.4. The summed E-state index contributed by atoms with van der Waals surface area (Å²) < 4.78 is 20.9. The van der Waals surface area contributed by atoms with E-state index in [2.05, 4.69) is 9.48 Å². The molecule has 2 aliphatic rings. The Morgan fingerprint density at radius 1 is 1.12 bits per heavy atom. The Balaban J connectivity index is 1.82. The van der Waals surface area contributed by atoms with Crippen molar-refractivity contribution in [3.8, 4) is 5.75 Å². The normalized spacial score (nSPS) is 22.9. The summed E-state index contributed by atoms with van der Waals surface area (Å²) in [5.74, 6) is 1.58. The first-order valence-corrected chi connectivity index (χ1v) is 8.66. The Morgan fingerprint density at radius 3 is 2.64 bits per heavy atom. The van der Waals surface area contributed by atoms with Crippen LogP contribution in [0.3, 0.4) is 0 Å². The molecule has 0 aliphatic carbocycles.